The Morgan fingerprint density at radius 3 is 2.74 bits per heavy atom. The van der Waals surface area contributed by atoms with Crippen LogP contribution in [0.4, 0.5) is 5.13 Å². The minimum Gasteiger partial charge on any atom is -0.344 e. The van der Waals surface area contributed by atoms with Gasteiger partial charge in [-0.3, -0.25) is 9.59 Å². The van der Waals surface area contributed by atoms with Gasteiger partial charge in [-0.2, -0.15) is 0 Å². The summed E-state index contributed by atoms with van der Waals surface area (Å²) in [6.07, 6.45) is 4.01. The topological polar surface area (TPSA) is 97.1 Å². The van der Waals surface area contributed by atoms with Gasteiger partial charge in [-0.25, -0.2) is 4.98 Å². The first kappa shape index (κ1) is 14.0. The minimum absolute atomic E-state index is 0.199. The maximum atomic E-state index is 12.1. The monoisotopic (exact) mass is 282 g/mol. The lowest BCUT2D eigenvalue weighted by Gasteiger charge is -2.28. The lowest BCUT2D eigenvalue weighted by atomic mass is 9.98. The molecule has 1 aromatic rings. The van der Waals surface area contributed by atoms with Crippen molar-refractivity contribution in [1.29, 1.82) is 0 Å². The molecule has 0 aliphatic heterocycles. The summed E-state index contributed by atoms with van der Waals surface area (Å²) in [5.74, 6) is -0.421. The van der Waals surface area contributed by atoms with E-state index in [-0.39, 0.29) is 17.4 Å². The second-order valence-corrected chi connectivity index (χ2v) is 5.72. The molecule has 1 heterocycles. The molecule has 0 unspecified atom stereocenters. The Kier molecular flexibility index (Phi) is 4.16. The Hall–Kier alpha value is -1.47. The highest BCUT2D eigenvalue weighted by Gasteiger charge is 2.34. The quantitative estimate of drug-likeness (QED) is 0.770. The van der Waals surface area contributed by atoms with Crippen molar-refractivity contribution in [3.05, 3.63) is 11.1 Å². The Bertz CT molecular complexity index is 480. The van der Waals surface area contributed by atoms with Gasteiger partial charge in [0.2, 0.25) is 5.91 Å². The third-order valence-electron chi connectivity index (χ3n) is 3.35. The first-order valence-electron chi connectivity index (χ1n) is 6.30. The summed E-state index contributed by atoms with van der Waals surface area (Å²) < 4.78 is 0. The maximum Gasteiger partial charge on any atom is 0.271 e. The van der Waals surface area contributed by atoms with Crippen LogP contribution in [-0.4, -0.2) is 28.9 Å². The molecule has 19 heavy (non-hydrogen) atoms. The molecule has 7 heteroatoms. The summed E-state index contributed by atoms with van der Waals surface area (Å²) in [6, 6.07) is 0. The summed E-state index contributed by atoms with van der Waals surface area (Å²) in [7, 11) is 0. The number of hydrogen-bond donors (Lipinski definition) is 3. The minimum atomic E-state index is -0.283. The summed E-state index contributed by atoms with van der Waals surface area (Å²) >= 11 is 1.24. The fourth-order valence-electron chi connectivity index (χ4n) is 2.32. The Balaban J connectivity index is 2.03. The van der Waals surface area contributed by atoms with Crippen LogP contribution in [0.3, 0.4) is 0 Å². The molecule has 1 aromatic heterocycles. The smallest absolute Gasteiger partial charge is 0.271 e. The molecular formula is C12H18N4O2S. The molecule has 2 amide bonds. The van der Waals surface area contributed by atoms with Gasteiger partial charge in [-0.1, -0.05) is 12.8 Å². The fourth-order valence-corrected chi connectivity index (χ4v) is 3.06. The van der Waals surface area contributed by atoms with Crippen molar-refractivity contribution >= 4 is 28.3 Å². The van der Waals surface area contributed by atoms with Gasteiger partial charge in [-0.05, 0) is 12.8 Å². The van der Waals surface area contributed by atoms with E-state index >= 15 is 0 Å². The molecule has 0 aromatic carbocycles. The predicted octanol–water partition coefficient (Wildman–Crippen LogP) is 1.10. The average molecular weight is 282 g/mol. The number of nitrogens with zero attached hydrogens (tertiary/aromatic N) is 1. The van der Waals surface area contributed by atoms with Crippen LogP contribution >= 0.6 is 11.3 Å². The van der Waals surface area contributed by atoms with E-state index in [1.54, 1.807) is 5.38 Å². The largest absolute Gasteiger partial charge is 0.344 e. The molecular weight excluding hydrogens is 264 g/mol. The molecule has 0 atom stereocenters. The van der Waals surface area contributed by atoms with Crippen LogP contribution in [0.1, 0.15) is 43.1 Å². The van der Waals surface area contributed by atoms with Crippen molar-refractivity contribution < 1.29 is 9.59 Å². The highest BCUT2D eigenvalue weighted by Crippen LogP contribution is 2.29. The third-order valence-corrected chi connectivity index (χ3v) is 4.11. The summed E-state index contributed by atoms with van der Waals surface area (Å²) in [5, 5.41) is 7.63. The van der Waals surface area contributed by atoms with E-state index in [4.69, 9.17) is 5.73 Å². The third kappa shape index (κ3) is 3.30. The predicted molar refractivity (Wildman–Crippen MR) is 74.1 cm³/mol. The lowest BCUT2D eigenvalue weighted by Crippen LogP contribution is -2.51. The molecule has 6 nitrogen and oxygen atoms in total. The van der Waals surface area contributed by atoms with Crippen LogP contribution in [0, 0.1) is 0 Å². The van der Waals surface area contributed by atoms with Crippen molar-refractivity contribution in [2.24, 2.45) is 5.73 Å². The van der Waals surface area contributed by atoms with Crippen LogP contribution in [0.5, 0.6) is 0 Å². The van der Waals surface area contributed by atoms with Crippen LogP contribution < -0.4 is 16.4 Å². The zero-order valence-corrected chi connectivity index (χ0v) is 11.7. The molecule has 1 fully saturated rings. The van der Waals surface area contributed by atoms with E-state index in [1.165, 1.54) is 18.3 Å². The SMILES string of the molecule is CC(=O)Nc1nc(C(=O)NC2(CN)CCCC2)cs1. The number of anilines is 1. The van der Waals surface area contributed by atoms with Gasteiger partial charge in [0.05, 0.1) is 5.54 Å². The number of amides is 2. The molecule has 4 N–H and O–H groups in total. The fraction of sp³-hybridized carbons (Fsp3) is 0.583. The van der Waals surface area contributed by atoms with Gasteiger partial charge in [0.25, 0.3) is 5.91 Å². The molecule has 1 saturated carbocycles. The van der Waals surface area contributed by atoms with Crippen LogP contribution in [0.15, 0.2) is 5.38 Å². The maximum absolute atomic E-state index is 12.1. The number of thiazole rings is 1. The van der Waals surface area contributed by atoms with Gasteiger partial charge >= 0.3 is 0 Å². The van der Waals surface area contributed by atoms with Gasteiger partial charge in [0.15, 0.2) is 5.13 Å². The Morgan fingerprint density at radius 1 is 1.47 bits per heavy atom. The highest BCUT2D eigenvalue weighted by molar-refractivity contribution is 7.14. The van der Waals surface area contributed by atoms with Gasteiger partial charge < -0.3 is 16.4 Å². The number of nitrogens with one attached hydrogen (secondary N) is 2. The van der Waals surface area contributed by atoms with Gasteiger partial charge in [0, 0.05) is 18.8 Å². The van der Waals surface area contributed by atoms with E-state index in [2.05, 4.69) is 15.6 Å². The number of carbonyl (C=O) groups is 2. The van der Waals surface area contributed by atoms with Crippen molar-refractivity contribution in [1.82, 2.24) is 10.3 Å². The number of nitrogens with two attached hydrogens (primary N) is 1. The first-order valence-corrected chi connectivity index (χ1v) is 7.18. The zero-order valence-electron chi connectivity index (χ0n) is 10.9. The Labute approximate surface area is 115 Å². The average Bonchev–Trinajstić information content (AvgIpc) is 2.98. The normalized spacial score (nSPS) is 17.2. The van der Waals surface area contributed by atoms with Gasteiger partial charge in [0.1, 0.15) is 5.69 Å². The van der Waals surface area contributed by atoms with Crippen molar-refractivity contribution in [2.45, 2.75) is 38.1 Å². The number of carbonyl (C=O) groups excluding carboxylic acids is 2. The van der Waals surface area contributed by atoms with E-state index in [0.717, 1.165) is 25.7 Å². The van der Waals surface area contributed by atoms with Gasteiger partial charge in [-0.15, -0.1) is 11.3 Å². The second-order valence-electron chi connectivity index (χ2n) is 4.86. The molecule has 0 bridgehead atoms. The zero-order chi connectivity index (χ0) is 13.9. The molecule has 2 rings (SSSR count). The molecule has 104 valence electrons. The molecule has 0 spiro atoms. The molecule has 0 saturated heterocycles. The van der Waals surface area contributed by atoms with Crippen LogP contribution in [0.2, 0.25) is 0 Å². The summed E-state index contributed by atoms with van der Waals surface area (Å²) in [6.45, 7) is 1.85. The first-order chi connectivity index (χ1) is 9.04. The standard InChI is InChI=1S/C12H18N4O2S/c1-8(17)14-11-15-9(6-19-11)10(18)16-12(7-13)4-2-3-5-12/h6H,2-5,7,13H2,1H3,(H,16,18)(H,14,15,17). The molecule has 0 radical (unpaired) electrons. The number of aromatic nitrogens is 1. The summed E-state index contributed by atoms with van der Waals surface area (Å²) in [5.41, 5.74) is 5.82. The Morgan fingerprint density at radius 2 is 2.16 bits per heavy atom. The van der Waals surface area contributed by atoms with E-state index < -0.39 is 0 Å². The van der Waals surface area contributed by atoms with E-state index in [9.17, 15) is 9.59 Å². The van der Waals surface area contributed by atoms with E-state index in [0.29, 0.717) is 17.4 Å². The number of hydrogen-bond acceptors (Lipinski definition) is 5. The van der Waals surface area contributed by atoms with Crippen LogP contribution in [-0.2, 0) is 4.79 Å². The highest BCUT2D eigenvalue weighted by atomic mass is 32.1. The second kappa shape index (κ2) is 5.66. The summed E-state index contributed by atoms with van der Waals surface area (Å²) in [4.78, 5) is 27.1. The number of rotatable bonds is 4. The van der Waals surface area contributed by atoms with E-state index in [1.807, 2.05) is 0 Å². The lowest BCUT2D eigenvalue weighted by molar-refractivity contribution is -0.114. The van der Waals surface area contributed by atoms with Crippen molar-refractivity contribution in [3.8, 4) is 0 Å². The molecule has 1 aliphatic carbocycles. The van der Waals surface area contributed by atoms with Crippen molar-refractivity contribution in [3.63, 3.8) is 0 Å². The van der Waals surface area contributed by atoms with Crippen LogP contribution in [0.25, 0.3) is 0 Å². The van der Waals surface area contributed by atoms with Crippen molar-refractivity contribution in [2.75, 3.05) is 11.9 Å². The molecule has 1 aliphatic rings.